The van der Waals surface area contributed by atoms with Crippen LogP contribution in [0.5, 0.6) is 0 Å². The van der Waals surface area contributed by atoms with Crippen molar-refractivity contribution in [3.8, 4) is 0 Å². The van der Waals surface area contributed by atoms with Gasteiger partial charge in [0.25, 0.3) is 0 Å². The largest absolute Gasteiger partial charge is 0.457 e. The van der Waals surface area contributed by atoms with Gasteiger partial charge in [0.15, 0.2) is 6.61 Å². The number of ether oxygens (including phenoxy) is 2. The molecule has 0 saturated carbocycles. The quantitative estimate of drug-likeness (QED) is 0.635. The third-order valence-corrected chi connectivity index (χ3v) is 3.28. The lowest BCUT2D eigenvalue weighted by atomic mass is 9.91. The number of hydrogen-bond donors (Lipinski definition) is 0. The predicted octanol–water partition coefficient (Wildman–Crippen LogP) is 3.48. The van der Waals surface area contributed by atoms with E-state index in [-0.39, 0.29) is 12.6 Å². The number of carbonyl (C=O) groups excluding carboxylic acids is 2. The second-order valence-corrected chi connectivity index (χ2v) is 6.15. The molecule has 0 spiro atoms. The average Bonchev–Trinajstić information content (AvgIpc) is 2.32. The fraction of sp³-hybridized carbons (Fsp3) is 0.867. The van der Waals surface area contributed by atoms with Gasteiger partial charge in [-0.1, -0.05) is 20.3 Å². The molecule has 0 rings (SSSR count). The second kappa shape index (κ2) is 7.51. The topological polar surface area (TPSA) is 52.6 Å². The Hall–Kier alpha value is -1.06. The van der Waals surface area contributed by atoms with Crippen molar-refractivity contribution in [3.05, 3.63) is 0 Å². The summed E-state index contributed by atoms with van der Waals surface area (Å²) in [6.45, 7) is 11.0. The fourth-order valence-corrected chi connectivity index (χ4v) is 1.46. The van der Waals surface area contributed by atoms with E-state index in [1.165, 1.54) is 0 Å². The fourth-order valence-electron chi connectivity index (χ4n) is 1.46. The highest BCUT2D eigenvalue weighted by Gasteiger charge is 2.29. The van der Waals surface area contributed by atoms with E-state index in [9.17, 15) is 9.59 Å². The van der Waals surface area contributed by atoms with Crippen LogP contribution in [0.4, 0.5) is 0 Å². The molecule has 0 saturated heterocycles. The van der Waals surface area contributed by atoms with Gasteiger partial charge in [-0.25, -0.2) is 4.79 Å². The van der Waals surface area contributed by atoms with Crippen molar-refractivity contribution in [2.45, 2.75) is 72.8 Å². The number of esters is 2. The molecule has 4 heteroatoms. The van der Waals surface area contributed by atoms with Crippen LogP contribution in [0.25, 0.3) is 0 Å². The van der Waals surface area contributed by atoms with Crippen molar-refractivity contribution in [1.29, 1.82) is 0 Å². The molecule has 0 radical (unpaired) electrons. The van der Waals surface area contributed by atoms with Crippen LogP contribution in [-0.2, 0) is 19.1 Å². The molecule has 0 unspecified atom stereocenters. The van der Waals surface area contributed by atoms with Crippen molar-refractivity contribution < 1.29 is 19.1 Å². The molecule has 0 aliphatic rings. The maximum Gasteiger partial charge on any atom is 0.344 e. The van der Waals surface area contributed by atoms with Crippen molar-refractivity contribution in [1.82, 2.24) is 0 Å². The Morgan fingerprint density at radius 3 is 2.11 bits per heavy atom. The third kappa shape index (κ3) is 7.19. The molecular weight excluding hydrogens is 244 g/mol. The summed E-state index contributed by atoms with van der Waals surface area (Å²) in [5.74, 6) is -0.848. The van der Waals surface area contributed by atoms with Crippen LogP contribution in [-0.4, -0.2) is 24.1 Å². The Morgan fingerprint density at radius 1 is 1.05 bits per heavy atom. The first kappa shape index (κ1) is 17.9. The van der Waals surface area contributed by atoms with Crippen molar-refractivity contribution in [3.63, 3.8) is 0 Å². The van der Waals surface area contributed by atoms with Crippen LogP contribution >= 0.6 is 0 Å². The van der Waals surface area contributed by atoms with Crippen LogP contribution in [0.3, 0.4) is 0 Å². The SMILES string of the molecule is CCCCC(C)(C)OC(=O)COC(=O)C(C)(C)CC. The monoisotopic (exact) mass is 272 g/mol. The molecule has 0 N–H and O–H groups in total. The molecule has 0 aliphatic carbocycles. The minimum absolute atomic E-state index is 0.308. The summed E-state index contributed by atoms with van der Waals surface area (Å²) in [5.41, 5.74) is -1.06. The maximum absolute atomic E-state index is 11.7. The zero-order chi connectivity index (χ0) is 15.1. The summed E-state index contributed by atoms with van der Waals surface area (Å²) in [6, 6.07) is 0. The number of carbonyl (C=O) groups is 2. The highest BCUT2D eigenvalue weighted by atomic mass is 16.6. The summed E-state index contributed by atoms with van der Waals surface area (Å²) >= 11 is 0. The second-order valence-electron chi connectivity index (χ2n) is 6.15. The van der Waals surface area contributed by atoms with Crippen molar-refractivity contribution in [2.75, 3.05) is 6.61 Å². The standard InChI is InChI=1S/C15H28O4/c1-7-9-10-15(5,6)19-12(16)11-18-13(17)14(3,4)8-2/h7-11H2,1-6H3. The van der Waals surface area contributed by atoms with Gasteiger partial charge < -0.3 is 9.47 Å². The van der Waals surface area contributed by atoms with Crippen LogP contribution in [0.1, 0.15) is 67.2 Å². The van der Waals surface area contributed by atoms with E-state index in [4.69, 9.17) is 9.47 Å². The first-order chi connectivity index (χ1) is 8.64. The zero-order valence-electron chi connectivity index (χ0n) is 13.2. The summed E-state index contributed by atoms with van der Waals surface area (Å²) in [4.78, 5) is 23.4. The van der Waals surface area contributed by atoms with Gasteiger partial charge in [0.05, 0.1) is 5.41 Å². The van der Waals surface area contributed by atoms with Gasteiger partial charge in [0.2, 0.25) is 0 Å². The van der Waals surface area contributed by atoms with Gasteiger partial charge >= 0.3 is 11.9 Å². The maximum atomic E-state index is 11.7. The smallest absolute Gasteiger partial charge is 0.344 e. The summed E-state index contributed by atoms with van der Waals surface area (Å²) in [6.07, 6.45) is 3.54. The van der Waals surface area contributed by atoms with Gasteiger partial charge in [-0.15, -0.1) is 0 Å². The third-order valence-electron chi connectivity index (χ3n) is 3.28. The number of hydrogen-bond acceptors (Lipinski definition) is 4. The molecule has 0 bridgehead atoms. The first-order valence-corrected chi connectivity index (χ1v) is 7.03. The van der Waals surface area contributed by atoms with E-state index in [0.29, 0.717) is 6.42 Å². The minimum atomic E-state index is -0.558. The molecule has 0 aromatic carbocycles. The minimum Gasteiger partial charge on any atom is -0.457 e. The summed E-state index contributed by atoms with van der Waals surface area (Å²) in [5, 5.41) is 0. The Balaban J connectivity index is 4.16. The molecular formula is C15H28O4. The molecule has 0 fully saturated rings. The summed E-state index contributed by atoms with van der Waals surface area (Å²) < 4.78 is 10.3. The van der Waals surface area contributed by atoms with Crippen LogP contribution in [0.15, 0.2) is 0 Å². The highest BCUT2D eigenvalue weighted by Crippen LogP contribution is 2.22. The van der Waals surface area contributed by atoms with E-state index in [1.54, 1.807) is 13.8 Å². The molecule has 0 aromatic rings. The molecule has 0 heterocycles. The van der Waals surface area contributed by atoms with E-state index in [0.717, 1.165) is 19.3 Å². The zero-order valence-corrected chi connectivity index (χ0v) is 13.2. The van der Waals surface area contributed by atoms with Gasteiger partial charge in [-0.05, 0) is 47.0 Å². The lowest BCUT2D eigenvalue weighted by Crippen LogP contribution is -2.33. The van der Waals surface area contributed by atoms with Gasteiger partial charge in [-0.2, -0.15) is 0 Å². The number of unbranched alkanes of at least 4 members (excludes halogenated alkanes) is 1. The molecule has 0 atom stereocenters. The molecule has 0 aliphatic heterocycles. The van der Waals surface area contributed by atoms with Gasteiger partial charge in [-0.3, -0.25) is 4.79 Å². The Kier molecular flexibility index (Phi) is 7.09. The van der Waals surface area contributed by atoms with Crippen LogP contribution in [0.2, 0.25) is 0 Å². The lowest BCUT2D eigenvalue weighted by molar-refractivity contribution is -0.172. The highest BCUT2D eigenvalue weighted by molar-refractivity contribution is 5.79. The molecule has 19 heavy (non-hydrogen) atoms. The summed E-state index contributed by atoms with van der Waals surface area (Å²) in [7, 11) is 0. The van der Waals surface area contributed by atoms with E-state index < -0.39 is 17.0 Å². The Bertz CT molecular complexity index is 305. The first-order valence-electron chi connectivity index (χ1n) is 7.03. The van der Waals surface area contributed by atoms with E-state index >= 15 is 0 Å². The molecule has 0 aromatic heterocycles. The molecule has 4 nitrogen and oxygen atoms in total. The van der Waals surface area contributed by atoms with Crippen LogP contribution < -0.4 is 0 Å². The Morgan fingerprint density at radius 2 is 1.63 bits per heavy atom. The van der Waals surface area contributed by atoms with E-state index in [2.05, 4.69) is 6.92 Å². The average molecular weight is 272 g/mol. The van der Waals surface area contributed by atoms with Gasteiger partial charge in [0, 0.05) is 0 Å². The Labute approximate surface area is 116 Å². The van der Waals surface area contributed by atoms with Crippen molar-refractivity contribution in [2.24, 2.45) is 5.41 Å². The van der Waals surface area contributed by atoms with Gasteiger partial charge in [0.1, 0.15) is 5.60 Å². The van der Waals surface area contributed by atoms with E-state index in [1.807, 2.05) is 20.8 Å². The molecule has 0 amide bonds. The predicted molar refractivity (Wildman–Crippen MR) is 74.7 cm³/mol. The number of rotatable bonds is 8. The lowest BCUT2D eigenvalue weighted by Gasteiger charge is -2.25. The van der Waals surface area contributed by atoms with Crippen molar-refractivity contribution >= 4 is 11.9 Å². The van der Waals surface area contributed by atoms with Crippen LogP contribution in [0, 0.1) is 5.41 Å². The molecule has 112 valence electrons. The normalized spacial score (nSPS) is 12.1.